The largest absolute Gasteiger partial charge is 0.508 e. The van der Waals surface area contributed by atoms with Crippen molar-refractivity contribution in [3.05, 3.63) is 41.5 Å². The van der Waals surface area contributed by atoms with Gasteiger partial charge in [-0.25, -0.2) is 4.79 Å². The molecule has 0 bridgehead atoms. The van der Waals surface area contributed by atoms with E-state index < -0.39 is 41.2 Å². The van der Waals surface area contributed by atoms with E-state index in [0.29, 0.717) is 58.1 Å². The Morgan fingerprint density at radius 3 is 2.51 bits per heavy atom. The van der Waals surface area contributed by atoms with Crippen LogP contribution in [-0.4, -0.2) is 92.8 Å². The summed E-state index contributed by atoms with van der Waals surface area (Å²) in [6, 6.07) is 7.15. The van der Waals surface area contributed by atoms with E-state index in [1.54, 1.807) is 25.1 Å². The van der Waals surface area contributed by atoms with Crippen LogP contribution in [0.5, 0.6) is 5.75 Å². The van der Waals surface area contributed by atoms with Crippen molar-refractivity contribution in [1.82, 2.24) is 0 Å². The zero-order valence-corrected chi connectivity index (χ0v) is 27.6. The Kier molecular flexibility index (Phi) is 8.62. The molecule has 0 amide bonds. The molecule has 12 atom stereocenters. The van der Waals surface area contributed by atoms with Crippen LogP contribution in [0.15, 0.2) is 40.9 Å². The van der Waals surface area contributed by atoms with Crippen molar-refractivity contribution in [3.63, 3.8) is 0 Å². The second kappa shape index (κ2) is 12.2. The first-order valence-electron chi connectivity index (χ1n) is 17.7. The van der Waals surface area contributed by atoms with E-state index in [0.717, 1.165) is 30.4 Å². The molecule has 0 unspecified atom stereocenters. The summed E-state index contributed by atoms with van der Waals surface area (Å²) >= 11 is 0. The van der Waals surface area contributed by atoms with Gasteiger partial charge >= 0.3 is 5.97 Å². The molecule has 1 aromatic rings. The van der Waals surface area contributed by atoms with Crippen LogP contribution >= 0.6 is 0 Å². The molecule has 10 nitrogen and oxygen atoms in total. The van der Waals surface area contributed by atoms with E-state index in [-0.39, 0.29) is 47.4 Å². The monoisotopic (exact) mass is 653 g/mol. The molecule has 0 aromatic heterocycles. The van der Waals surface area contributed by atoms with Crippen LogP contribution < -0.4 is 0 Å². The first kappa shape index (κ1) is 33.2. The molecule has 6 aliphatic rings. The number of aromatic hydroxyl groups is 1. The number of aliphatic imine (C=N–C) groups is 1. The van der Waals surface area contributed by atoms with Gasteiger partial charge in [-0.1, -0.05) is 19.1 Å². The van der Waals surface area contributed by atoms with Gasteiger partial charge in [-0.05, 0) is 106 Å². The minimum atomic E-state index is -1.10. The second-order valence-electron chi connectivity index (χ2n) is 15.6. The standard InChI is InChI=1S/C37H51NO9/c1-22-33(42)30(40)18-32(46-22)47-26-7-13-35(21-38-16-11-23-3-5-25(39)6-4-23)28-8-12-34(2)27(24-17-31(41)45-20-24)10-15-37(34,44)29(28)9-14-36(35,43)19-26/h3-6,17,21-22,26-30,32-33,39-40,42-44H,7-16,18-20H2,1-2H3/t22-,26-,27-,28-,29-,30-,32+,33+,34+,35-,36+,37+/m1/s1. The number of ether oxygens (including phenoxy) is 3. The summed E-state index contributed by atoms with van der Waals surface area (Å²) in [5.41, 5.74) is -1.00. The maximum atomic E-state index is 12.7. The van der Waals surface area contributed by atoms with Crippen LogP contribution in [0, 0.1) is 28.6 Å². The molecule has 0 spiro atoms. The Morgan fingerprint density at radius 1 is 1.02 bits per heavy atom. The molecule has 47 heavy (non-hydrogen) atoms. The van der Waals surface area contributed by atoms with Gasteiger partial charge < -0.3 is 39.7 Å². The van der Waals surface area contributed by atoms with Crippen molar-refractivity contribution in [1.29, 1.82) is 0 Å². The first-order valence-corrected chi connectivity index (χ1v) is 17.7. The third-order valence-electron chi connectivity index (χ3n) is 13.4. The number of nitrogens with zero attached hydrogens (tertiary/aromatic N) is 1. The van der Waals surface area contributed by atoms with E-state index in [4.69, 9.17) is 19.2 Å². The number of carbonyl (C=O) groups is 1. The molecule has 258 valence electrons. The lowest BCUT2D eigenvalue weighted by Gasteiger charge is -2.66. The van der Waals surface area contributed by atoms with Crippen molar-refractivity contribution < 1.29 is 44.5 Å². The third-order valence-corrected chi connectivity index (χ3v) is 13.4. The van der Waals surface area contributed by atoms with Gasteiger partial charge in [0.25, 0.3) is 0 Å². The van der Waals surface area contributed by atoms with Crippen molar-refractivity contribution in [2.24, 2.45) is 33.6 Å². The average molecular weight is 654 g/mol. The van der Waals surface area contributed by atoms with Gasteiger partial charge in [0.2, 0.25) is 0 Å². The van der Waals surface area contributed by atoms with Crippen LogP contribution in [0.4, 0.5) is 0 Å². The Bertz CT molecular complexity index is 1390. The van der Waals surface area contributed by atoms with E-state index in [2.05, 4.69) is 6.92 Å². The van der Waals surface area contributed by atoms with Gasteiger partial charge in [-0.2, -0.15) is 0 Å². The van der Waals surface area contributed by atoms with Crippen LogP contribution in [0.2, 0.25) is 0 Å². The number of hydrogen-bond donors (Lipinski definition) is 5. The van der Waals surface area contributed by atoms with E-state index in [1.807, 2.05) is 18.3 Å². The Balaban J connectivity index is 1.15. The van der Waals surface area contributed by atoms with Crippen molar-refractivity contribution in [2.45, 2.75) is 126 Å². The summed E-state index contributed by atoms with van der Waals surface area (Å²) in [6.07, 6.45) is 7.18. The fraction of sp³-hybridized carbons (Fsp3) is 0.730. The number of phenols is 1. The number of fused-ring (bicyclic) bond motifs is 5. The summed E-state index contributed by atoms with van der Waals surface area (Å²) in [7, 11) is 0. The highest BCUT2D eigenvalue weighted by atomic mass is 16.7. The molecular formula is C37H51NO9. The number of phenolic OH excluding ortho intramolecular Hbond substituents is 1. The molecule has 4 saturated carbocycles. The Morgan fingerprint density at radius 2 is 1.79 bits per heavy atom. The molecule has 10 heteroatoms. The maximum Gasteiger partial charge on any atom is 0.331 e. The van der Waals surface area contributed by atoms with Crippen LogP contribution in [0.1, 0.15) is 83.6 Å². The number of esters is 1. The van der Waals surface area contributed by atoms with Crippen molar-refractivity contribution in [3.8, 4) is 5.75 Å². The summed E-state index contributed by atoms with van der Waals surface area (Å²) < 4.78 is 17.6. The Labute approximate surface area is 276 Å². The fourth-order valence-electron chi connectivity index (χ4n) is 10.9. The molecule has 2 aliphatic heterocycles. The number of rotatable bonds is 7. The number of cyclic esters (lactones) is 1. The second-order valence-corrected chi connectivity index (χ2v) is 15.6. The lowest BCUT2D eigenvalue weighted by molar-refractivity contribution is -0.282. The van der Waals surface area contributed by atoms with Gasteiger partial charge in [-0.3, -0.25) is 4.99 Å². The molecular weight excluding hydrogens is 602 g/mol. The number of aliphatic hydroxyl groups is 4. The van der Waals surface area contributed by atoms with E-state index in [1.165, 1.54) is 0 Å². The highest BCUT2D eigenvalue weighted by molar-refractivity contribution is 5.85. The van der Waals surface area contributed by atoms with Gasteiger partial charge in [0.05, 0.1) is 29.5 Å². The van der Waals surface area contributed by atoms with Gasteiger partial charge in [-0.15, -0.1) is 0 Å². The topological polar surface area (TPSA) is 158 Å². The Hall–Kier alpha value is -2.34. The zero-order valence-electron chi connectivity index (χ0n) is 27.6. The van der Waals surface area contributed by atoms with Crippen LogP contribution in [0.3, 0.4) is 0 Å². The van der Waals surface area contributed by atoms with Crippen LogP contribution in [-0.2, 0) is 25.4 Å². The van der Waals surface area contributed by atoms with Gasteiger partial charge in [0.1, 0.15) is 18.5 Å². The fourth-order valence-corrected chi connectivity index (χ4v) is 10.9. The van der Waals surface area contributed by atoms with Gasteiger partial charge in [0.15, 0.2) is 6.29 Å². The predicted octanol–water partition coefficient (Wildman–Crippen LogP) is 3.60. The molecule has 2 heterocycles. The molecule has 5 fully saturated rings. The smallest absolute Gasteiger partial charge is 0.331 e. The van der Waals surface area contributed by atoms with Crippen LogP contribution in [0.25, 0.3) is 0 Å². The first-order chi connectivity index (χ1) is 22.4. The summed E-state index contributed by atoms with van der Waals surface area (Å²) in [4.78, 5) is 17.0. The predicted molar refractivity (Wildman–Crippen MR) is 173 cm³/mol. The highest BCUT2D eigenvalue weighted by Gasteiger charge is 2.71. The number of hydrogen-bond acceptors (Lipinski definition) is 10. The minimum absolute atomic E-state index is 0.0228. The molecule has 4 aliphatic carbocycles. The minimum Gasteiger partial charge on any atom is -0.508 e. The zero-order chi connectivity index (χ0) is 33.2. The quantitative estimate of drug-likeness (QED) is 0.168. The molecule has 1 aromatic carbocycles. The molecule has 1 saturated heterocycles. The molecule has 0 radical (unpaired) electrons. The average Bonchev–Trinajstić information content (AvgIpc) is 3.58. The van der Waals surface area contributed by atoms with Crippen molar-refractivity contribution >= 4 is 12.2 Å². The summed E-state index contributed by atoms with van der Waals surface area (Å²) in [5.74, 6) is 0.0225. The molecule has 5 N–H and O–H groups in total. The SMILES string of the molecule is C[C@H]1O[C@@H](O[C@@H]2CC[C@@]3(C=NCCc4ccc(O)cc4)[C@@H]4CC[C@@]5(C)[C@@H](C6=CC(=O)OC6)CC[C@]5(O)[C@@H]4CC[C@]3(O)C2)C[C@@H](O)[C@H]1O. The van der Waals surface area contributed by atoms with Gasteiger partial charge in [0, 0.05) is 42.5 Å². The third kappa shape index (κ3) is 5.47. The maximum absolute atomic E-state index is 12.7. The number of carbonyl (C=O) groups excluding carboxylic acids is 1. The van der Waals surface area contributed by atoms with E-state index >= 15 is 0 Å². The summed E-state index contributed by atoms with van der Waals surface area (Å²) in [6.45, 7) is 4.77. The number of benzene rings is 1. The lowest BCUT2D eigenvalue weighted by Crippen LogP contribution is -2.69. The summed E-state index contributed by atoms with van der Waals surface area (Å²) in [5, 5.41) is 55.7. The highest BCUT2D eigenvalue weighted by Crippen LogP contribution is 2.70. The number of aliphatic hydroxyl groups excluding tert-OH is 2. The lowest BCUT2D eigenvalue weighted by atomic mass is 9.41. The molecule has 7 rings (SSSR count). The normalized spacial score (nSPS) is 46.4. The van der Waals surface area contributed by atoms with E-state index in [9.17, 15) is 30.3 Å². The van der Waals surface area contributed by atoms with Crippen molar-refractivity contribution in [2.75, 3.05) is 13.2 Å².